The van der Waals surface area contributed by atoms with E-state index in [1.165, 1.54) is 20.8 Å². The van der Waals surface area contributed by atoms with Crippen LogP contribution in [-0.2, 0) is 35.2 Å². The molecular formula is C17H22F3NO7S2. The number of nitrogens with zero attached hydrogens (tertiary/aromatic N) is 1. The first kappa shape index (κ1) is 24.4. The summed E-state index contributed by atoms with van der Waals surface area (Å²) in [6, 6.07) is 2.30. The molecule has 1 fully saturated rings. The molecule has 0 bridgehead atoms. The Morgan fingerprint density at radius 1 is 1.23 bits per heavy atom. The van der Waals surface area contributed by atoms with E-state index in [9.17, 15) is 34.8 Å². The third kappa shape index (κ3) is 6.08. The highest BCUT2D eigenvalue weighted by molar-refractivity contribution is 7.90. The van der Waals surface area contributed by atoms with Crippen LogP contribution in [-0.4, -0.2) is 57.5 Å². The van der Waals surface area contributed by atoms with Crippen LogP contribution in [0, 0.1) is 0 Å². The first-order valence-corrected chi connectivity index (χ1v) is 12.1. The van der Waals surface area contributed by atoms with Crippen molar-refractivity contribution in [3.05, 3.63) is 35.4 Å². The largest absolute Gasteiger partial charge is 0.443 e. The molecule has 1 saturated heterocycles. The molecule has 1 aliphatic heterocycles. The number of sulfone groups is 1. The van der Waals surface area contributed by atoms with Gasteiger partial charge in [-0.3, -0.25) is 4.18 Å². The van der Waals surface area contributed by atoms with E-state index in [0.717, 1.165) is 30.5 Å². The second-order valence-corrected chi connectivity index (χ2v) is 11.6. The van der Waals surface area contributed by atoms with Crippen molar-refractivity contribution >= 4 is 26.2 Å². The standard InChI is InChI=1S/C17H22F3NO7S2/c1-16(2,3)28-15(22)21-14(9-27-30(21,25)26)13(10-29(4,23)24)11-5-7-12(8-6-11)17(18,19)20/h5-8,13-14H,9-10H2,1-4H3/t13-,14+/m0/s1. The molecule has 0 spiro atoms. The smallest absolute Gasteiger partial charge is 0.426 e. The van der Waals surface area contributed by atoms with Gasteiger partial charge in [0.05, 0.1) is 24.0 Å². The molecule has 0 radical (unpaired) electrons. The maximum atomic E-state index is 12.9. The van der Waals surface area contributed by atoms with Gasteiger partial charge in [-0.15, -0.1) is 0 Å². The molecule has 0 aliphatic carbocycles. The molecule has 1 aromatic carbocycles. The third-order valence-electron chi connectivity index (χ3n) is 4.12. The zero-order valence-electron chi connectivity index (χ0n) is 16.6. The second-order valence-electron chi connectivity index (χ2n) is 7.90. The molecule has 0 saturated carbocycles. The van der Waals surface area contributed by atoms with Gasteiger partial charge in [0.25, 0.3) is 0 Å². The summed E-state index contributed by atoms with van der Waals surface area (Å²) < 4.78 is 97.2. The third-order valence-corrected chi connectivity index (χ3v) is 6.42. The van der Waals surface area contributed by atoms with Crippen molar-refractivity contribution in [3.8, 4) is 0 Å². The van der Waals surface area contributed by atoms with E-state index in [1.807, 2.05) is 0 Å². The van der Waals surface area contributed by atoms with Gasteiger partial charge < -0.3 is 4.74 Å². The molecule has 8 nitrogen and oxygen atoms in total. The predicted octanol–water partition coefficient (Wildman–Crippen LogP) is 2.71. The monoisotopic (exact) mass is 473 g/mol. The number of hydrogen-bond acceptors (Lipinski definition) is 7. The Balaban J connectivity index is 2.51. The van der Waals surface area contributed by atoms with E-state index in [4.69, 9.17) is 8.92 Å². The Labute approximate surface area is 173 Å². The van der Waals surface area contributed by atoms with Crippen molar-refractivity contribution in [3.63, 3.8) is 0 Å². The number of halogens is 3. The number of carbonyl (C=O) groups excluding carboxylic acids is 1. The Kier molecular flexibility index (Phi) is 6.51. The van der Waals surface area contributed by atoms with E-state index >= 15 is 0 Å². The summed E-state index contributed by atoms with van der Waals surface area (Å²) in [5.41, 5.74) is -1.91. The van der Waals surface area contributed by atoms with Crippen molar-refractivity contribution < 1.29 is 43.7 Å². The summed E-state index contributed by atoms with van der Waals surface area (Å²) in [5.74, 6) is -1.80. The van der Waals surface area contributed by atoms with Gasteiger partial charge in [-0.25, -0.2) is 13.2 Å². The number of carbonyl (C=O) groups is 1. The molecule has 0 unspecified atom stereocenters. The van der Waals surface area contributed by atoms with Gasteiger partial charge in [0.15, 0.2) is 0 Å². The van der Waals surface area contributed by atoms with Gasteiger partial charge in [0, 0.05) is 12.2 Å². The lowest BCUT2D eigenvalue weighted by Gasteiger charge is -2.30. The van der Waals surface area contributed by atoms with Gasteiger partial charge in [0.1, 0.15) is 15.4 Å². The Morgan fingerprint density at radius 3 is 2.20 bits per heavy atom. The Morgan fingerprint density at radius 2 is 1.77 bits per heavy atom. The first-order valence-electron chi connectivity index (χ1n) is 8.67. The fraction of sp³-hybridized carbons (Fsp3) is 0.588. The van der Waals surface area contributed by atoms with Gasteiger partial charge in [-0.05, 0) is 38.5 Å². The van der Waals surface area contributed by atoms with Crippen molar-refractivity contribution in [2.75, 3.05) is 18.6 Å². The maximum absolute atomic E-state index is 12.9. The van der Waals surface area contributed by atoms with E-state index in [2.05, 4.69) is 0 Å². The van der Waals surface area contributed by atoms with Crippen LogP contribution in [0.2, 0.25) is 0 Å². The van der Waals surface area contributed by atoms with Crippen LogP contribution < -0.4 is 0 Å². The maximum Gasteiger partial charge on any atom is 0.426 e. The minimum Gasteiger partial charge on any atom is -0.443 e. The molecule has 0 aromatic heterocycles. The highest BCUT2D eigenvalue weighted by Gasteiger charge is 2.49. The Hall–Kier alpha value is -1.86. The number of rotatable bonds is 4. The summed E-state index contributed by atoms with van der Waals surface area (Å²) in [6.07, 6.45) is -4.98. The van der Waals surface area contributed by atoms with E-state index in [0.29, 0.717) is 4.31 Å². The van der Waals surface area contributed by atoms with E-state index in [1.54, 1.807) is 0 Å². The fourth-order valence-electron chi connectivity index (χ4n) is 2.93. The quantitative estimate of drug-likeness (QED) is 0.662. The summed E-state index contributed by atoms with van der Waals surface area (Å²) >= 11 is 0. The number of hydrogen-bond donors (Lipinski definition) is 0. The lowest BCUT2D eigenvalue weighted by Crippen LogP contribution is -2.46. The lowest BCUT2D eigenvalue weighted by molar-refractivity contribution is -0.137. The first-order chi connectivity index (χ1) is 13.4. The normalized spacial score (nSPS) is 20.8. The van der Waals surface area contributed by atoms with Gasteiger partial charge in [-0.1, -0.05) is 12.1 Å². The molecular weight excluding hydrogens is 451 g/mol. The molecule has 2 rings (SSSR count). The topological polar surface area (TPSA) is 107 Å². The van der Waals surface area contributed by atoms with Crippen LogP contribution in [0.4, 0.5) is 18.0 Å². The molecule has 1 aliphatic rings. The van der Waals surface area contributed by atoms with Gasteiger partial charge in [0.2, 0.25) is 0 Å². The zero-order valence-corrected chi connectivity index (χ0v) is 18.3. The van der Waals surface area contributed by atoms with Crippen LogP contribution in [0.3, 0.4) is 0 Å². The number of benzene rings is 1. The average Bonchev–Trinajstić information content (AvgIpc) is 2.84. The average molecular weight is 473 g/mol. The summed E-state index contributed by atoms with van der Waals surface area (Å²) in [4.78, 5) is 12.5. The molecule has 0 N–H and O–H groups in total. The summed E-state index contributed by atoms with van der Waals surface area (Å²) in [7, 11) is -8.28. The van der Waals surface area contributed by atoms with Crippen LogP contribution in [0.25, 0.3) is 0 Å². The van der Waals surface area contributed by atoms with Crippen LogP contribution in [0.15, 0.2) is 24.3 Å². The van der Waals surface area contributed by atoms with Crippen LogP contribution in [0.5, 0.6) is 0 Å². The number of ether oxygens (including phenoxy) is 1. The van der Waals surface area contributed by atoms with Gasteiger partial charge >= 0.3 is 22.6 Å². The minimum absolute atomic E-state index is 0.104. The molecule has 170 valence electrons. The van der Waals surface area contributed by atoms with Crippen LogP contribution >= 0.6 is 0 Å². The highest BCUT2D eigenvalue weighted by atomic mass is 32.2. The van der Waals surface area contributed by atoms with Crippen molar-refractivity contribution in [2.24, 2.45) is 0 Å². The second kappa shape index (κ2) is 8.00. The lowest BCUT2D eigenvalue weighted by atomic mass is 9.92. The molecule has 1 heterocycles. The highest BCUT2D eigenvalue weighted by Crippen LogP contribution is 2.35. The van der Waals surface area contributed by atoms with Gasteiger partial charge in [-0.2, -0.15) is 25.9 Å². The SMILES string of the molecule is CC(C)(C)OC(=O)N1[C@@H]([C@@H](CS(C)(=O)=O)c2ccc(C(F)(F)F)cc2)COS1(=O)=O. The molecule has 13 heteroatoms. The fourth-order valence-corrected chi connectivity index (χ4v) is 5.19. The number of alkyl halides is 3. The molecule has 2 atom stereocenters. The Bertz CT molecular complexity index is 997. The minimum atomic E-state index is -4.60. The molecule has 1 amide bonds. The molecule has 30 heavy (non-hydrogen) atoms. The summed E-state index contributed by atoms with van der Waals surface area (Å²) in [6.45, 7) is 3.96. The van der Waals surface area contributed by atoms with E-state index < -0.39 is 67.9 Å². The van der Waals surface area contributed by atoms with Crippen LogP contribution in [0.1, 0.15) is 37.8 Å². The zero-order chi connectivity index (χ0) is 23.1. The predicted molar refractivity (Wildman–Crippen MR) is 101 cm³/mol. The van der Waals surface area contributed by atoms with Crippen molar-refractivity contribution in [1.82, 2.24) is 4.31 Å². The van der Waals surface area contributed by atoms with E-state index in [-0.39, 0.29) is 5.56 Å². The number of amides is 1. The van der Waals surface area contributed by atoms with Crippen molar-refractivity contribution in [2.45, 2.75) is 44.5 Å². The van der Waals surface area contributed by atoms with Crippen molar-refractivity contribution in [1.29, 1.82) is 0 Å². The molecule has 1 aromatic rings. The summed E-state index contributed by atoms with van der Waals surface area (Å²) in [5, 5.41) is 0.